The number of fused-ring (bicyclic) bond motifs is 1. The van der Waals surface area contributed by atoms with Crippen LogP contribution < -0.4 is 20.3 Å². The first kappa shape index (κ1) is 20.1. The topological polar surface area (TPSA) is 114 Å². The maximum atomic E-state index is 12.5. The lowest BCUT2D eigenvalue weighted by molar-refractivity contribution is -0.384. The van der Waals surface area contributed by atoms with E-state index < -0.39 is 11.0 Å². The van der Waals surface area contributed by atoms with E-state index in [0.717, 1.165) is 12.1 Å². The van der Waals surface area contributed by atoms with Gasteiger partial charge < -0.3 is 20.3 Å². The lowest BCUT2D eigenvalue weighted by Crippen LogP contribution is -2.50. The Labute approximate surface area is 167 Å². The number of anilines is 2. The number of nitro groups is 1. The van der Waals surface area contributed by atoms with Crippen molar-refractivity contribution in [2.45, 2.75) is 19.4 Å². The van der Waals surface area contributed by atoms with Gasteiger partial charge in [-0.25, -0.2) is 0 Å². The minimum absolute atomic E-state index is 0.00885. The number of ether oxygens (including phenoxy) is 1. The van der Waals surface area contributed by atoms with E-state index in [0.29, 0.717) is 18.0 Å². The van der Waals surface area contributed by atoms with Crippen molar-refractivity contribution in [1.82, 2.24) is 5.32 Å². The molecule has 0 fully saturated rings. The molecule has 0 unspecified atom stereocenters. The zero-order valence-corrected chi connectivity index (χ0v) is 16.0. The number of benzene rings is 2. The minimum atomic E-state index is -0.719. The van der Waals surface area contributed by atoms with Crippen molar-refractivity contribution in [1.29, 1.82) is 0 Å². The highest BCUT2D eigenvalue weighted by atomic mass is 16.6. The number of nitro benzene ring substituents is 1. The van der Waals surface area contributed by atoms with Crippen LogP contribution in [0.5, 0.6) is 5.75 Å². The minimum Gasteiger partial charge on any atom is -0.477 e. The van der Waals surface area contributed by atoms with Crippen LogP contribution in [0, 0.1) is 10.1 Å². The second-order valence-corrected chi connectivity index (χ2v) is 6.60. The third-order valence-corrected chi connectivity index (χ3v) is 4.40. The summed E-state index contributed by atoms with van der Waals surface area (Å²) in [5.41, 5.74) is 1.14. The van der Waals surface area contributed by atoms with Crippen LogP contribution in [0.4, 0.5) is 17.1 Å². The molecule has 0 aromatic heterocycles. The molecule has 152 valence electrons. The molecule has 1 aliphatic rings. The molecule has 29 heavy (non-hydrogen) atoms. The summed E-state index contributed by atoms with van der Waals surface area (Å²) in [4.78, 5) is 36.9. The molecule has 1 atom stereocenters. The first-order chi connectivity index (χ1) is 14.0. The average molecular weight is 398 g/mol. The Morgan fingerprint density at radius 1 is 1.21 bits per heavy atom. The maximum Gasteiger partial charge on any atom is 0.269 e. The van der Waals surface area contributed by atoms with E-state index in [-0.39, 0.29) is 30.6 Å². The zero-order valence-electron chi connectivity index (χ0n) is 16.0. The van der Waals surface area contributed by atoms with Crippen LogP contribution in [0.3, 0.4) is 0 Å². The predicted molar refractivity (Wildman–Crippen MR) is 108 cm³/mol. The van der Waals surface area contributed by atoms with Gasteiger partial charge in [0.1, 0.15) is 5.75 Å². The lowest BCUT2D eigenvalue weighted by atomic mass is 10.1. The number of hydrogen-bond donors (Lipinski definition) is 2. The molecule has 2 N–H and O–H groups in total. The second-order valence-electron chi connectivity index (χ2n) is 6.60. The Morgan fingerprint density at radius 3 is 2.62 bits per heavy atom. The van der Waals surface area contributed by atoms with E-state index in [2.05, 4.69) is 10.6 Å². The van der Waals surface area contributed by atoms with Gasteiger partial charge in [0.25, 0.3) is 11.6 Å². The summed E-state index contributed by atoms with van der Waals surface area (Å²) in [7, 11) is 0. The molecule has 2 aromatic rings. The van der Waals surface area contributed by atoms with Crippen molar-refractivity contribution in [2.24, 2.45) is 0 Å². The molecule has 9 nitrogen and oxygen atoms in total. The summed E-state index contributed by atoms with van der Waals surface area (Å²) in [5.74, 6) is 0.0175. The number of carbonyl (C=O) groups is 2. The number of para-hydroxylation sites is 2. The third-order valence-electron chi connectivity index (χ3n) is 4.40. The largest absolute Gasteiger partial charge is 0.477 e. The first-order valence-corrected chi connectivity index (χ1v) is 9.30. The number of non-ortho nitro benzene ring substituents is 1. The van der Waals surface area contributed by atoms with E-state index in [1.165, 1.54) is 24.3 Å². The summed E-state index contributed by atoms with van der Waals surface area (Å²) in [6.07, 6.45) is 0.0970. The molecule has 2 amide bonds. The second kappa shape index (κ2) is 9.05. The van der Waals surface area contributed by atoms with Gasteiger partial charge in [0.15, 0.2) is 6.10 Å². The van der Waals surface area contributed by atoms with Gasteiger partial charge in [-0.05, 0) is 30.7 Å². The summed E-state index contributed by atoms with van der Waals surface area (Å²) >= 11 is 0. The number of nitrogens with one attached hydrogen (secondary N) is 2. The molecule has 1 heterocycles. The molecule has 0 aliphatic carbocycles. The van der Waals surface area contributed by atoms with Crippen molar-refractivity contribution in [3.63, 3.8) is 0 Å². The Kier molecular flexibility index (Phi) is 6.28. The molecular formula is C20H22N4O5. The number of rotatable bonds is 7. The van der Waals surface area contributed by atoms with Gasteiger partial charge in [0.2, 0.25) is 5.91 Å². The zero-order chi connectivity index (χ0) is 20.8. The monoisotopic (exact) mass is 398 g/mol. The molecule has 1 aliphatic heterocycles. The molecule has 0 spiro atoms. The van der Waals surface area contributed by atoms with E-state index >= 15 is 0 Å². The van der Waals surface area contributed by atoms with Crippen LogP contribution in [0.2, 0.25) is 0 Å². The van der Waals surface area contributed by atoms with Crippen LogP contribution in [0.25, 0.3) is 0 Å². The summed E-state index contributed by atoms with van der Waals surface area (Å²) in [6, 6.07) is 12.8. The fraction of sp³-hybridized carbons (Fsp3) is 0.300. The maximum absolute atomic E-state index is 12.5. The highest BCUT2D eigenvalue weighted by molar-refractivity contribution is 5.95. The fourth-order valence-corrected chi connectivity index (χ4v) is 3.00. The van der Waals surface area contributed by atoms with Crippen molar-refractivity contribution in [3.05, 3.63) is 58.6 Å². The molecule has 0 bridgehead atoms. The van der Waals surface area contributed by atoms with Crippen LogP contribution in [0.1, 0.15) is 13.3 Å². The van der Waals surface area contributed by atoms with Gasteiger partial charge in [0.05, 0.1) is 23.7 Å². The molecular weight excluding hydrogens is 376 g/mol. The Balaban J connectivity index is 1.69. The van der Waals surface area contributed by atoms with Crippen LogP contribution in [-0.4, -0.2) is 42.5 Å². The highest BCUT2D eigenvalue weighted by Crippen LogP contribution is 2.33. The molecule has 0 saturated carbocycles. The lowest BCUT2D eigenvalue weighted by Gasteiger charge is -2.35. The Hall–Kier alpha value is -3.62. The number of amides is 2. The van der Waals surface area contributed by atoms with Crippen LogP contribution in [0.15, 0.2) is 48.5 Å². The quantitative estimate of drug-likeness (QED) is 0.547. The van der Waals surface area contributed by atoms with Gasteiger partial charge in [0, 0.05) is 24.4 Å². The molecule has 0 saturated heterocycles. The number of nitrogens with zero attached hydrogens (tertiary/aromatic N) is 2. The van der Waals surface area contributed by atoms with E-state index in [1.807, 2.05) is 19.1 Å². The number of hydrogen-bond acceptors (Lipinski definition) is 6. The molecule has 9 heteroatoms. The van der Waals surface area contributed by atoms with Gasteiger partial charge in [-0.2, -0.15) is 0 Å². The third kappa shape index (κ3) is 5.01. The SMILES string of the molecule is CCCNC(=O)[C@@H]1CN(CC(=O)Nc2ccc([N+](=O)[O-])cc2)c2ccccc2O1. The van der Waals surface area contributed by atoms with Gasteiger partial charge in [-0.3, -0.25) is 19.7 Å². The first-order valence-electron chi connectivity index (χ1n) is 9.30. The van der Waals surface area contributed by atoms with E-state index in [4.69, 9.17) is 4.74 Å². The smallest absolute Gasteiger partial charge is 0.269 e. The highest BCUT2D eigenvalue weighted by Gasteiger charge is 2.31. The summed E-state index contributed by atoms with van der Waals surface area (Å²) < 4.78 is 5.81. The normalized spacial score (nSPS) is 15.1. The van der Waals surface area contributed by atoms with Gasteiger partial charge >= 0.3 is 0 Å². The van der Waals surface area contributed by atoms with Crippen molar-refractivity contribution in [3.8, 4) is 5.75 Å². The standard InChI is InChI=1S/C20H22N4O5/c1-2-11-21-20(26)18-12-23(16-5-3-4-6-17(16)29-18)13-19(25)22-14-7-9-15(10-8-14)24(27)28/h3-10,18H,2,11-13H2,1H3,(H,21,26)(H,22,25)/t18-/m0/s1. The van der Waals surface area contributed by atoms with Gasteiger partial charge in [-0.1, -0.05) is 19.1 Å². The average Bonchev–Trinajstić information content (AvgIpc) is 2.72. The molecule has 3 rings (SSSR count). The van der Waals surface area contributed by atoms with Crippen LogP contribution >= 0.6 is 0 Å². The van der Waals surface area contributed by atoms with Crippen molar-refractivity contribution < 1.29 is 19.2 Å². The summed E-state index contributed by atoms with van der Waals surface area (Å²) in [5, 5.41) is 16.3. The van der Waals surface area contributed by atoms with Gasteiger partial charge in [-0.15, -0.1) is 0 Å². The van der Waals surface area contributed by atoms with E-state index in [9.17, 15) is 19.7 Å². The Morgan fingerprint density at radius 2 is 1.93 bits per heavy atom. The van der Waals surface area contributed by atoms with Crippen molar-refractivity contribution in [2.75, 3.05) is 29.9 Å². The van der Waals surface area contributed by atoms with Crippen molar-refractivity contribution >= 4 is 28.9 Å². The molecule has 2 aromatic carbocycles. The summed E-state index contributed by atoms with van der Waals surface area (Å²) in [6.45, 7) is 2.77. The number of carbonyl (C=O) groups excluding carboxylic acids is 2. The van der Waals surface area contributed by atoms with E-state index in [1.54, 1.807) is 17.0 Å². The Bertz CT molecular complexity index is 900. The fourth-order valence-electron chi connectivity index (χ4n) is 3.00. The predicted octanol–water partition coefficient (Wildman–Crippen LogP) is 2.33. The molecule has 0 radical (unpaired) electrons. The van der Waals surface area contributed by atoms with Crippen LogP contribution in [-0.2, 0) is 9.59 Å².